The third-order valence-corrected chi connectivity index (χ3v) is 7.44. The molecule has 0 bridgehead atoms. The van der Waals surface area contributed by atoms with Gasteiger partial charge in [-0.25, -0.2) is 0 Å². The van der Waals surface area contributed by atoms with Crippen LogP contribution in [0.2, 0.25) is 0 Å². The van der Waals surface area contributed by atoms with Crippen LogP contribution < -0.4 is 0 Å². The molecule has 23 heavy (non-hydrogen) atoms. The summed E-state index contributed by atoms with van der Waals surface area (Å²) in [5, 5.41) is 10.1. The summed E-state index contributed by atoms with van der Waals surface area (Å²) in [5.74, 6) is 0.929. The SMILES string of the molecule is CC[C@]12O[C@H]1[C@@H](O)C=C[C@]2(C)[C@H]1CC[C@]2(C)OC(=O)CC[C@H]2C1. The van der Waals surface area contributed by atoms with Crippen molar-refractivity contribution in [1.29, 1.82) is 0 Å². The van der Waals surface area contributed by atoms with E-state index in [1.54, 1.807) is 0 Å². The van der Waals surface area contributed by atoms with Gasteiger partial charge in [0.2, 0.25) is 0 Å². The Bertz CT molecular complexity index is 558. The van der Waals surface area contributed by atoms with Crippen LogP contribution in [0.15, 0.2) is 12.2 Å². The van der Waals surface area contributed by atoms with Crippen LogP contribution in [0.5, 0.6) is 0 Å². The molecule has 4 nitrogen and oxygen atoms in total. The largest absolute Gasteiger partial charge is 0.459 e. The van der Waals surface area contributed by atoms with Crippen molar-refractivity contribution in [2.24, 2.45) is 17.3 Å². The first-order valence-electron chi connectivity index (χ1n) is 9.12. The first-order valence-corrected chi connectivity index (χ1v) is 9.12. The van der Waals surface area contributed by atoms with Crippen LogP contribution in [-0.4, -0.2) is 34.5 Å². The minimum atomic E-state index is -0.465. The average molecular weight is 320 g/mol. The highest BCUT2D eigenvalue weighted by atomic mass is 16.6. The van der Waals surface area contributed by atoms with Crippen molar-refractivity contribution in [2.75, 3.05) is 0 Å². The maximum atomic E-state index is 11.7. The highest BCUT2D eigenvalue weighted by Crippen LogP contribution is 2.64. The fraction of sp³-hybridized carbons (Fsp3) is 0.842. The highest BCUT2D eigenvalue weighted by Gasteiger charge is 2.70. The summed E-state index contributed by atoms with van der Waals surface area (Å²) in [6.07, 6.45) is 9.13. The van der Waals surface area contributed by atoms with Gasteiger partial charge in [-0.15, -0.1) is 0 Å². The second kappa shape index (κ2) is 4.82. The van der Waals surface area contributed by atoms with Crippen LogP contribution in [0, 0.1) is 17.3 Å². The molecule has 0 radical (unpaired) electrons. The van der Waals surface area contributed by atoms with Gasteiger partial charge in [-0.2, -0.15) is 0 Å². The van der Waals surface area contributed by atoms with Gasteiger partial charge in [-0.1, -0.05) is 26.0 Å². The fourth-order valence-electron chi connectivity index (χ4n) is 5.74. The van der Waals surface area contributed by atoms with Crippen LogP contribution in [-0.2, 0) is 14.3 Å². The van der Waals surface area contributed by atoms with Gasteiger partial charge in [0, 0.05) is 11.8 Å². The summed E-state index contributed by atoms with van der Waals surface area (Å²) < 4.78 is 11.8. The lowest BCUT2D eigenvalue weighted by Crippen LogP contribution is -2.53. The summed E-state index contributed by atoms with van der Waals surface area (Å²) in [6, 6.07) is 0. The average Bonchev–Trinajstić information content (AvgIpc) is 3.28. The van der Waals surface area contributed by atoms with E-state index in [4.69, 9.17) is 9.47 Å². The van der Waals surface area contributed by atoms with Crippen LogP contribution in [0.1, 0.15) is 59.3 Å². The van der Waals surface area contributed by atoms with E-state index in [2.05, 4.69) is 26.8 Å². The number of esters is 1. The summed E-state index contributed by atoms with van der Waals surface area (Å²) in [4.78, 5) is 11.7. The number of fused-ring (bicyclic) bond motifs is 2. The lowest BCUT2D eigenvalue weighted by molar-refractivity contribution is -0.183. The Labute approximate surface area is 138 Å². The van der Waals surface area contributed by atoms with Crippen LogP contribution in [0.3, 0.4) is 0 Å². The Balaban J connectivity index is 1.60. The maximum Gasteiger partial charge on any atom is 0.306 e. The van der Waals surface area contributed by atoms with Gasteiger partial charge >= 0.3 is 5.97 Å². The fourth-order valence-corrected chi connectivity index (χ4v) is 5.74. The van der Waals surface area contributed by atoms with Gasteiger partial charge < -0.3 is 14.6 Å². The first-order chi connectivity index (χ1) is 10.8. The molecule has 0 unspecified atom stereocenters. The predicted molar refractivity (Wildman–Crippen MR) is 85.7 cm³/mol. The molecule has 128 valence electrons. The molecule has 1 saturated carbocycles. The summed E-state index contributed by atoms with van der Waals surface area (Å²) in [5.41, 5.74) is -0.511. The van der Waals surface area contributed by atoms with E-state index in [0.29, 0.717) is 18.3 Å². The van der Waals surface area contributed by atoms with Crippen molar-refractivity contribution in [3.8, 4) is 0 Å². The van der Waals surface area contributed by atoms with Gasteiger partial charge in [0.15, 0.2) is 0 Å². The van der Waals surface area contributed by atoms with Gasteiger partial charge in [0.25, 0.3) is 0 Å². The van der Waals surface area contributed by atoms with Crippen molar-refractivity contribution in [1.82, 2.24) is 0 Å². The molecule has 4 heteroatoms. The molecule has 0 aromatic rings. The number of epoxide rings is 1. The Morgan fingerprint density at radius 3 is 2.83 bits per heavy atom. The number of aliphatic hydroxyl groups excluding tert-OH is 1. The molecule has 3 fully saturated rings. The van der Waals surface area contributed by atoms with Gasteiger partial charge in [-0.05, 0) is 50.9 Å². The Morgan fingerprint density at radius 1 is 1.30 bits per heavy atom. The number of hydrogen-bond donors (Lipinski definition) is 1. The first kappa shape index (κ1) is 15.6. The van der Waals surface area contributed by atoms with Crippen LogP contribution >= 0.6 is 0 Å². The zero-order valence-electron chi connectivity index (χ0n) is 14.4. The second-order valence-corrected chi connectivity index (χ2v) is 8.41. The molecule has 2 saturated heterocycles. The summed E-state index contributed by atoms with van der Waals surface area (Å²) in [7, 11) is 0. The Morgan fingerprint density at radius 2 is 2.09 bits per heavy atom. The van der Waals surface area contributed by atoms with Crippen molar-refractivity contribution < 1.29 is 19.4 Å². The van der Waals surface area contributed by atoms with E-state index >= 15 is 0 Å². The molecule has 0 spiro atoms. The zero-order valence-corrected chi connectivity index (χ0v) is 14.4. The number of carbonyl (C=O) groups is 1. The van der Waals surface area contributed by atoms with E-state index in [-0.39, 0.29) is 28.7 Å². The van der Waals surface area contributed by atoms with E-state index in [1.807, 2.05) is 6.08 Å². The summed E-state index contributed by atoms with van der Waals surface area (Å²) >= 11 is 0. The minimum Gasteiger partial charge on any atom is -0.459 e. The second-order valence-electron chi connectivity index (χ2n) is 8.41. The van der Waals surface area contributed by atoms with Gasteiger partial charge in [-0.3, -0.25) is 4.79 Å². The number of hydrogen-bond acceptors (Lipinski definition) is 4. The van der Waals surface area contributed by atoms with Gasteiger partial charge in [0.05, 0.1) is 0 Å². The zero-order chi connectivity index (χ0) is 16.5. The molecular formula is C19H28O4. The summed E-state index contributed by atoms with van der Waals surface area (Å²) in [6.45, 7) is 6.58. The lowest BCUT2D eigenvalue weighted by atomic mass is 9.55. The lowest BCUT2D eigenvalue weighted by Gasteiger charge is -2.52. The topological polar surface area (TPSA) is 59.1 Å². The maximum absolute atomic E-state index is 11.7. The van der Waals surface area contributed by atoms with Crippen LogP contribution in [0.25, 0.3) is 0 Å². The van der Waals surface area contributed by atoms with Gasteiger partial charge in [0.1, 0.15) is 23.4 Å². The normalized spacial score (nSPS) is 54.9. The van der Waals surface area contributed by atoms with Crippen molar-refractivity contribution in [3.05, 3.63) is 12.2 Å². The monoisotopic (exact) mass is 320 g/mol. The van der Waals surface area contributed by atoms with Crippen molar-refractivity contribution in [3.63, 3.8) is 0 Å². The minimum absolute atomic E-state index is 0.0333. The van der Waals surface area contributed by atoms with Crippen LogP contribution in [0.4, 0.5) is 0 Å². The number of aliphatic hydroxyl groups is 1. The molecular weight excluding hydrogens is 292 g/mol. The molecule has 7 atom stereocenters. The molecule has 1 N–H and O–H groups in total. The number of rotatable bonds is 2. The van der Waals surface area contributed by atoms with E-state index in [9.17, 15) is 9.90 Å². The molecule has 0 aromatic heterocycles. The van der Waals surface area contributed by atoms with E-state index < -0.39 is 6.10 Å². The van der Waals surface area contributed by atoms with Crippen molar-refractivity contribution in [2.45, 2.75) is 82.7 Å². The number of carbonyl (C=O) groups excluding carboxylic acids is 1. The third-order valence-electron chi connectivity index (χ3n) is 7.44. The van der Waals surface area contributed by atoms with E-state index in [0.717, 1.165) is 32.1 Å². The van der Waals surface area contributed by atoms with Crippen molar-refractivity contribution >= 4 is 5.97 Å². The molecule has 0 amide bonds. The molecule has 4 aliphatic rings. The predicted octanol–water partition coefficient (Wildman–Crippen LogP) is 2.98. The Kier molecular flexibility index (Phi) is 3.28. The van der Waals surface area contributed by atoms with E-state index in [1.165, 1.54) is 0 Å². The standard InChI is InChI=1S/C19H28O4/c1-4-19-16(23-19)14(20)8-9-17(19,2)12-7-10-18(3)13(11-12)5-6-15(21)22-18/h8-9,12-14,16,20H,4-7,10-11H2,1-3H3/t12-,13-,14-,16-,17+,18-,19-/m0/s1. The molecule has 2 aliphatic carbocycles. The third kappa shape index (κ3) is 2.00. The molecule has 2 aliphatic heterocycles. The smallest absolute Gasteiger partial charge is 0.306 e. The molecule has 4 rings (SSSR count). The molecule has 2 heterocycles. The highest BCUT2D eigenvalue weighted by molar-refractivity contribution is 5.70. The number of ether oxygens (including phenoxy) is 2. The Hall–Kier alpha value is -0.870. The molecule has 0 aromatic carbocycles. The quantitative estimate of drug-likeness (QED) is 0.483.